The number of thiocarbonyl (C=S) groups is 1. The van der Waals surface area contributed by atoms with E-state index >= 15 is 0 Å². The van der Waals surface area contributed by atoms with Crippen LogP contribution >= 0.6 is 12.2 Å². The van der Waals surface area contributed by atoms with E-state index in [9.17, 15) is 9.90 Å². The highest BCUT2D eigenvalue weighted by atomic mass is 32.1. The van der Waals surface area contributed by atoms with Crippen molar-refractivity contribution in [2.75, 3.05) is 4.90 Å². The van der Waals surface area contributed by atoms with E-state index in [0.717, 1.165) is 41.4 Å². The minimum atomic E-state index is -0.261. The molecular formula is C28H28N2O2S. The molecule has 0 saturated heterocycles. The van der Waals surface area contributed by atoms with Gasteiger partial charge in [-0.15, -0.1) is 0 Å². The first-order chi connectivity index (χ1) is 16.0. The Bertz CT molecular complexity index is 1200. The Kier molecular flexibility index (Phi) is 4.91. The van der Waals surface area contributed by atoms with E-state index in [0.29, 0.717) is 22.9 Å². The number of nitrogens with one attached hydrogen (secondary N) is 1. The van der Waals surface area contributed by atoms with E-state index in [4.69, 9.17) is 12.2 Å². The summed E-state index contributed by atoms with van der Waals surface area (Å²) in [6.45, 7) is 0. The second-order valence-corrected chi connectivity index (χ2v) is 10.7. The molecule has 0 aliphatic heterocycles. The summed E-state index contributed by atoms with van der Waals surface area (Å²) in [5, 5.41) is 15.6. The standard InChI is InChI=1S/C28H28N2O2S/c31-25-9-7-23(8-10-25)30(24-6-5-21-3-1-2-4-22(21)14-24)27(33)29-26(32)28-15-18-11-19(16-28)13-20(12-18)17-28/h1-10,14,18-20,31H,11-13,15-17H2,(H,29,32,33). The maximum atomic E-state index is 13.7. The van der Waals surface area contributed by atoms with Crippen molar-refractivity contribution in [1.29, 1.82) is 0 Å². The SMILES string of the molecule is O=C(NC(=S)N(c1ccc(O)cc1)c1ccc2ccccc2c1)C12CC3CC(CC(C3)C1)C2. The third-order valence-electron chi connectivity index (χ3n) is 8.04. The lowest BCUT2D eigenvalue weighted by Crippen LogP contribution is -2.55. The predicted molar refractivity (Wildman–Crippen MR) is 136 cm³/mol. The molecule has 4 fully saturated rings. The number of aromatic hydroxyl groups is 1. The van der Waals surface area contributed by atoms with E-state index in [1.54, 1.807) is 12.1 Å². The van der Waals surface area contributed by atoms with Gasteiger partial charge in [0.25, 0.3) is 0 Å². The number of anilines is 2. The maximum Gasteiger partial charge on any atom is 0.232 e. The zero-order valence-electron chi connectivity index (χ0n) is 18.5. The molecule has 3 aromatic carbocycles. The van der Waals surface area contributed by atoms with Gasteiger partial charge < -0.3 is 10.4 Å². The summed E-state index contributed by atoms with van der Waals surface area (Å²) in [7, 11) is 0. The van der Waals surface area contributed by atoms with Crippen LogP contribution in [0.1, 0.15) is 38.5 Å². The van der Waals surface area contributed by atoms with Gasteiger partial charge in [0, 0.05) is 11.4 Å². The Morgan fingerprint density at radius 2 is 1.42 bits per heavy atom. The van der Waals surface area contributed by atoms with Crippen molar-refractivity contribution in [2.45, 2.75) is 38.5 Å². The van der Waals surface area contributed by atoms with Crippen molar-refractivity contribution in [3.8, 4) is 5.75 Å². The highest BCUT2D eigenvalue weighted by Gasteiger charge is 2.54. The molecule has 0 aromatic heterocycles. The molecule has 7 rings (SSSR count). The van der Waals surface area contributed by atoms with Crippen LogP contribution in [0.2, 0.25) is 0 Å². The van der Waals surface area contributed by atoms with Crippen LogP contribution < -0.4 is 10.2 Å². The molecule has 4 nitrogen and oxygen atoms in total. The zero-order chi connectivity index (χ0) is 22.6. The summed E-state index contributed by atoms with van der Waals surface area (Å²) in [6.07, 6.45) is 6.91. The number of nitrogens with zero attached hydrogens (tertiary/aromatic N) is 1. The summed E-state index contributed by atoms with van der Waals surface area (Å²) in [6, 6.07) is 21.3. The molecule has 4 bridgehead atoms. The molecule has 33 heavy (non-hydrogen) atoms. The number of rotatable bonds is 3. The minimum absolute atomic E-state index is 0.0937. The highest BCUT2D eigenvalue weighted by Crippen LogP contribution is 2.60. The summed E-state index contributed by atoms with van der Waals surface area (Å²) in [5.41, 5.74) is 1.43. The van der Waals surface area contributed by atoms with E-state index in [2.05, 4.69) is 29.6 Å². The van der Waals surface area contributed by atoms with Crippen LogP contribution in [-0.2, 0) is 4.79 Å². The summed E-state index contributed by atoms with van der Waals surface area (Å²) >= 11 is 5.86. The van der Waals surface area contributed by atoms with Crippen LogP contribution in [0.25, 0.3) is 10.8 Å². The van der Waals surface area contributed by atoms with Crippen LogP contribution in [-0.4, -0.2) is 16.1 Å². The Labute approximate surface area is 199 Å². The molecule has 2 N–H and O–H groups in total. The highest BCUT2D eigenvalue weighted by molar-refractivity contribution is 7.80. The molecule has 0 heterocycles. The van der Waals surface area contributed by atoms with Gasteiger partial charge in [0.1, 0.15) is 5.75 Å². The van der Waals surface area contributed by atoms with Crippen LogP contribution in [0.3, 0.4) is 0 Å². The largest absolute Gasteiger partial charge is 0.508 e. The zero-order valence-corrected chi connectivity index (χ0v) is 19.4. The number of hydrogen-bond acceptors (Lipinski definition) is 3. The second-order valence-electron chi connectivity index (χ2n) is 10.3. The van der Waals surface area contributed by atoms with Gasteiger partial charge in [-0.25, -0.2) is 0 Å². The lowest BCUT2D eigenvalue weighted by Gasteiger charge is -2.55. The third-order valence-corrected chi connectivity index (χ3v) is 8.33. The van der Waals surface area contributed by atoms with Gasteiger partial charge in [0.05, 0.1) is 5.41 Å². The van der Waals surface area contributed by atoms with Crippen LogP contribution in [0.5, 0.6) is 5.75 Å². The molecule has 5 heteroatoms. The maximum absolute atomic E-state index is 13.7. The van der Waals surface area contributed by atoms with Crippen molar-refractivity contribution in [2.24, 2.45) is 23.2 Å². The molecule has 168 valence electrons. The molecule has 0 spiro atoms. The fourth-order valence-corrected chi connectivity index (χ4v) is 7.28. The molecule has 0 unspecified atom stereocenters. The first kappa shape index (κ1) is 20.7. The van der Waals surface area contributed by atoms with Gasteiger partial charge in [-0.1, -0.05) is 30.3 Å². The fraction of sp³-hybridized carbons (Fsp3) is 0.357. The summed E-state index contributed by atoms with van der Waals surface area (Å²) in [4.78, 5) is 15.6. The molecule has 0 radical (unpaired) electrons. The Morgan fingerprint density at radius 1 is 0.848 bits per heavy atom. The number of benzene rings is 3. The molecular weight excluding hydrogens is 428 g/mol. The summed E-state index contributed by atoms with van der Waals surface area (Å²) in [5.74, 6) is 2.38. The van der Waals surface area contributed by atoms with Crippen LogP contribution in [0.15, 0.2) is 66.7 Å². The number of carbonyl (C=O) groups excluding carboxylic acids is 1. The monoisotopic (exact) mass is 456 g/mol. The van der Waals surface area contributed by atoms with Gasteiger partial charge in [-0.2, -0.15) is 0 Å². The van der Waals surface area contributed by atoms with Crippen molar-refractivity contribution in [3.63, 3.8) is 0 Å². The Hall–Kier alpha value is -2.92. The van der Waals surface area contributed by atoms with Crippen molar-refractivity contribution in [3.05, 3.63) is 66.7 Å². The second kappa shape index (κ2) is 7.84. The quantitative estimate of drug-likeness (QED) is 0.454. The number of amides is 1. The van der Waals surface area contributed by atoms with Crippen LogP contribution in [0, 0.1) is 23.2 Å². The average Bonchev–Trinajstić information content (AvgIpc) is 2.79. The van der Waals surface area contributed by atoms with E-state index in [1.165, 1.54) is 19.3 Å². The molecule has 3 aromatic rings. The molecule has 4 aliphatic rings. The smallest absolute Gasteiger partial charge is 0.232 e. The third kappa shape index (κ3) is 3.68. The lowest BCUT2D eigenvalue weighted by molar-refractivity contribution is -0.144. The van der Waals surface area contributed by atoms with Gasteiger partial charge in [0.2, 0.25) is 5.91 Å². The average molecular weight is 457 g/mol. The Balaban J connectivity index is 1.33. The van der Waals surface area contributed by atoms with Gasteiger partial charge in [0.15, 0.2) is 5.11 Å². The predicted octanol–water partition coefficient (Wildman–Crippen LogP) is 6.30. The van der Waals surface area contributed by atoms with Gasteiger partial charge in [-0.05, 0) is 116 Å². The molecule has 1 amide bonds. The van der Waals surface area contributed by atoms with E-state index in [-0.39, 0.29) is 17.1 Å². The van der Waals surface area contributed by atoms with E-state index in [1.807, 2.05) is 35.2 Å². The Morgan fingerprint density at radius 3 is 2.06 bits per heavy atom. The van der Waals surface area contributed by atoms with Crippen molar-refractivity contribution < 1.29 is 9.90 Å². The number of phenolic OH excluding ortho intramolecular Hbond substituents is 1. The first-order valence-electron chi connectivity index (χ1n) is 11.9. The van der Waals surface area contributed by atoms with Crippen molar-refractivity contribution in [1.82, 2.24) is 5.32 Å². The molecule has 4 saturated carbocycles. The lowest BCUT2D eigenvalue weighted by atomic mass is 9.49. The topological polar surface area (TPSA) is 52.6 Å². The number of fused-ring (bicyclic) bond motifs is 1. The number of hydrogen-bond donors (Lipinski definition) is 2. The van der Waals surface area contributed by atoms with Gasteiger partial charge >= 0.3 is 0 Å². The number of carbonyl (C=O) groups is 1. The minimum Gasteiger partial charge on any atom is -0.508 e. The molecule has 4 aliphatic carbocycles. The van der Waals surface area contributed by atoms with Crippen LogP contribution in [0.4, 0.5) is 11.4 Å². The van der Waals surface area contributed by atoms with E-state index < -0.39 is 0 Å². The first-order valence-corrected chi connectivity index (χ1v) is 12.3. The normalized spacial score (nSPS) is 27.5. The number of phenols is 1. The molecule has 0 atom stereocenters. The summed E-state index contributed by atoms with van der Waals surface area (Å²) < 4.78 is 0. The van der Waals surface area contributed by atoms with Crippen molar-refractivity contribution >= 4 is 45.4 Å². The van der Waals surface area contributed by atoms with Gasteiger partial charge in [-0.3, -0.25) is 9.69 Å². The fourth-order valence-electron chi connectivity index (χ4n) is 6.98.